The van der Waals surface area contributed by atoms with Crippen molar-refractivity contribution in [2.75, 3.05) is 24.3 Å². The summed E-state index contributed by atoms with van der Waals surface area (Å²) in [4.78, 5) is 36.3. The zero-order valence-electron chi connectivity index (χ0n) is 25.3. The molecule has 240 valence electrons. The number of rotatable bonds is 11. The molecular formula is C30H39N3O9S2. The molecule has 14 heteroatoms. The van der Waals surface area contributed by atoms with E-state index < -0.39 is 29.9 Å². The van der Waals surface area contributed by atoms with Crippen LogP contribution in [0.2, 0.25) is 0 Å². The number of nitrogens with one attached hydrogen (secondary N) is 1. The maximum absolute atomic E-state index is 12.5. The first kappa shape index (κ1) is 31.6. The molecule has 44 heavy (non-hydrogen) atoms. The second-order valence-corrected chi connectivity index (χ2v) is 14.7. The number of aromatic nitrogens is 2. The third-order valence-electron chi connectivity index (χ3n) is 9.26. The second kappa shape index (κ2) is 12.8. The molecule has 2 aromatic rings. The smallest absolute Gasteiger partial charge is 0.339 e. The maximum atomic E-state index is 12.5. The van der Waals surface area contributed by atoms with Gasteiger partial charge in [-0.3, -0.25) is 4.79 Å². The van der Waals surface area contributed by atoms with E-state index in [1.807, 2.05) is 13.8 Å². The van der Waals surface area contributed by atoms with Crippen molar-refractivity contribution >= 4 is 40.7 Å². The van der Waals surface area contributed by atoms with Crippen molar-refractivity contribution in [3.8, 4) is 5.75 Å². The number of fused-ring (bicyclic) bond motifs is 2. The molecule has 1 spiro atoms. The predicted octanol–water partition coefficient (Wildman–Crippen LogP) is 5.27. The number of aromatic carboxylic acids is 1. The van der Waals surface area contributed by atoms with Crippen LogP contribution < -0.4 is 10.1 Å². The first-order chi connectivity index (χ1) is 21.1. The van der Waals surface area contributed by atoms with E-state index in [0.29, 0.717) is 29.0 Å². The summed E-state index contributed by atoms with van der Waals surface area (Å²) in [6.07, 6.45) is 3.26. The summed E-state index contributed by atoms with van der Waals surface area (Å²) in [6, 6.07) is 4.48. The van der Waals surface area contributed by atoms with Crippen molar-refractivity contribution in [1.29, 1.82) is 0 Å². The van der Waals surface area contributed by atoms with E-state index in [1.165, 1.54) is 35.2 Å². The standard InChI is InChI=1S/C30H39N3O9S2/c1-16-6-9-22-17(2)26(39-27-30(22)21(16)10-11-29(4,40-27)41-42-30)38-13-5-12-37-23-14-19(7-8-20(23)25(35)36)31-24(34)15-43-28-33-32-18(3)44-28/h7-8,14,16-17,21-22,26-27H,5-6,9-13,15H2,1-4H3,(H,31,34)(H,35,36)/t16-,17-,21?,22+,26+,27-,29-,30-/m1/s1. The van der Waals surface area contributed by atoms with Crippen molar-refractivity contribution in [3.05, 3.63) is 28.8 Å². The highest BCUT2D eigenvalue weighted by Crippen LogP contribution is 2.60. The quantitative estimate of drug-likeness (QED) is 0.186. The maximum Gasteiger partial charge on any atom is 0.339 e. The lowest BCUT2D eigenvalue weighted by Crippen LogP contribution is -2.70. The van der Waals surface area contributed by atoms with E-state index in [-0.39, 0.29) is 47.3 Å². The number of nitrogens with zero attached hydrogens (tertiary/aromatic N) is 2. The number of benzene rings is 1. The van der Waals surface area contributed by atoms with Gasteiger partial charge in [-0.1, -0.05) is 36.9 Å². The topological polar surface area (TPSA) is 148 Å². The van der Waals surface area contributed by atoms with Crippen LogP contribution in [-0.4, -0.2) is 70.1 Å². The average molecular weight is 650 g/mol. The molecule has 5 heterocycles. The molecule has 1 unspecified atom stereocenters. The molecule has 12 nitrogen and oxygen atoms in total. The first-order valence-electron chi connectivity index (χ1n) is 15.1. The van der Waals surface area contributed by atoms with Crippen molar-refractivity contribution in [1.82, 2.24) is 10.2 Å². The van der Waals surface area contributed by atoms with Crippen LogP contribution in [0.15, 0.2) is 22.5 Å². The SMILES string of the molecule is Cc1nnc(SCC(=O)Nc2ccc(C(=O)O)c(OCCCO[C@H]3O[C@@H]4O[C@@]5(C)CCC6[C@H](C)CC[C@@H]([C@H]3C)[C@]64OO5)c2)s1. The molecule has 2 N–H and O–H groups in total. The van der Waals surface area contributed by atoms with Gasteiger partial charge in [-0.05, 0) is 57.1 Å². The highest BCUT2D eigenvalue weighted by molar-refractivity contribution is 8.01. The van der Waals surface area contributed by atoms with E-state index in [0.717, 1.165) is 30.7 Å². The van der Waals surface area contributed by atoms with E-state index in [2.05, 4.69) is 29.4 Å². The number of ether oxygens (including phenoxy) is 4. The Labute approximate surface area is 264 Å². The molecule has 7 rings (SSSR count). The number of carboxylic acids is 1. The van der Waals surface area contributed by atoms with Crippen LogP contribution in [0.1, 0.15) is 68.2 Å². The van der Waals surface area contributed by atoms with E-state index in [4.69, 9.17) is 28.7 Å². The molecule has 1 aliphatic carbocycles. The fourth-order valence-electron chi connectivity index (χ4n) is 7.06. The molecule has 5 aliphatic rings. The third-order valence-corrected chi connectivity index (χ3v) is 11.2. The lowest BCUT2D eigenvalue weighted by atomic mass is 9.58. The van der Waals surface area contributed by atoms with Crippen LogP contribution >= 0.6 is 23.1 Å². The van der Waals surface area contributed by atoms with E-state index in [9.17, 15) is 14.7 Å². The van der Waals surface area contributed by atoms with Crippen molar-refractivity contribution in [2.45, 2.75) is 88.1 Å². The molecule has 8 atom stereocenters. The van der Waals surface area contributed by atoms with Crippen LogP contribution in [-0.2, 0) is 28.8 Å². The Bertz CT molecular complexity index is 1380. The van der Waals surface area contributed by atoms with E-state index >= 15 is 0 Å². The fraction of sp³-hybridized carbons (Fsp3) is 0.667. The number of amides is 1. The molecule has 1 aromatic heterocycles. The van der Waals surface area contributed by atoms with Crippen molar-refractivity contribution < 1.29 is 43.4 Å². The van der Waals surface area contributed by atoms with Gasteiger partial charge in [-0.2, -0.15) is 0 Å². The lowest BCUT2D eigenvalue weighted by Gasteiger charge is -2.60. The van der Waals surface area contributed by atoms with Crippen LogP contribution in [0.5, 0.6) is 5.75 Å². The van der Waals surface area contributed by atoms with E-state index in [1.54, 1.807) is 6.07 Å². The number of anilines is 1. The van der Waals surface area contributed by atoms with Crippen LogP contribution in [0.25, 0.3) is 0 Å². The predicted molar refractivity (Wildman–Crippen MR) is 160 cm³/mol. The van der Waals surface area contributed by atoms with Gasteiger partial charge >= 0.3 is 5.97 Å². The highest BCUT2D eigenvalue weighted by atomic mass is 32.2. The van der Waals surface area contributed by atoms with Gasteiger partial charge in [0.2, 0.25) is 11.7 Å². The Morgan fingerprint density at radius 3 is 2.77 bits per heavy atom. The number of aryl methyl sites for hydroxylation is 1. The number of thioether (sulfide) groups is 1. The van der Waals surface area contributed by atoms with Gasteiger partial charge in [0.05, 0.1) is 19.0 Å². The largest absolute Gasteiger partial charge is 0.493 e. The normalized spacial score (nSPS) is 34.2. The van der Waals surface area contributed by atoms with Gasteiger partial charge in [-0.15, -0.1) is 10.2 Å². The van der Waals surface area contributed by atoms with Crippen LogP contribution in [0, 0.1) is 30.6 Å². The number of carbonyl (C=O) groups excluding carboxylic acids is 1. The molecule has 4 aliphatic heterocycles. The Morgan fingerprint density at radius 1 is 1.16 bits per heavy atom. The number of hydrogen-bond donors (Lipinski definition) is 2. The minimum atomic E-state index is -1.12. The van der Waals surface area contributed by atoms with Gasteiger partial charge in [0.15, 0.2) is 22.5 Å². The van der Waals surface area contributed by atoms with Crippen LogP contribution in [0.3, 0.4) is 0 Å². The summed E-state index contributed by atoms with van der Waals surface area (Å²) in [5.41, 5.74) is -0.189. The molecule has 4 saturated heterocycles. The van der Waals surface area contributed by atoms with Gasteiger partial charge in [-0.25, -0.2) is 14.6 Å². The molecule has 5 fully saturated rings. The van der Waals surface area contributed by atoms with Crippen molar-refractivity contribution in [3.63, 3.8) is 0 Å². The summed E-state index contributed by atoms with van der Waals surface area (Å²) >= 11 is 2.71. The Kier molecular flexibility index (Phi) is 9.22. The monoisotopic (exact) mass is 649 g/mol. The summed E-state index contributed by atoms with van der Waals surface area (Å²) in [7, 11) is 0. The Morgan fingerprint density at radius 2 is 2.00 bits per heavy atom. The summed E-state index contributed by atoms with van der Waals surface area (Å²) in [6.45, 7) is 8.73. The minimum absolute atomic E-state index is 0.00882. The molecule has 1 aromatic carbocycles. The van der Waals surface area contributed by atoms with Gasteiger partial charge < -0.3 is 29.4 Å². The van der Waals surface area contributed by atoms with Crippen molar-refractivity contribution in [2.24, 2.45) is 23.7 Å². The van der Waals surface area contributed by atoms with Crippen LogP contribution in [0.4, 0.5) is 5.69 Å². The molecule has 0 radical (unpaired) electrons. The zero-order valence-corrected chi connectivity index (χ0v) is 26.9. The molecule has 1 amide bonds. The number of carboxylic acid groups (broad SMARTS) is 1. The average Bonchev–Trinajstić information content (AvgIpc) is 3.27. The molecule has 1 saturated carbocycles. The lowest BCUT2D eigenvalue weighted by molar-refractivity contribution is -0.577. The van der Waals surface area contributed by atoms with Gasteiger partial charge in [0.1, 0.15) is 16.3 Å². The minimum Gasteiger partial charge on any atom is -0.493 e. The molecule has 2 bridgehead atoms. The summed E-state index contributed by atoms with van der Waals surface area (Å²) in [5, 5.41) is 21.2. The first-order valence-corrected chi connectivity index (χ1v) is 16.9. The third kappa shape index (κ3) is 6.22. The number of hydrogen-bond acceptors (Lipinski definition) is 12. The number of carbonyl (C=O) groups is 2. The zero-order chi connectivity index (χ0) is 31.1. The fourth-order valence-corrected chi connectivity index (χ4v) is 8.68. The Hall–Kier alpha value is -2.33. The van der Waals surface area contributed by atoms with Gasteiger partial charge in [0, 0.05) is 36.4 Å². The Balaban J connectivity index is 1.03. The summed E-state index contributed by atoms with van der Waals surface area (Å²) in [5.74, 6) is -0.889. The summed E-state index contributed by atoms with van der Waals surface area (Å²) < 4.78 is 25.7. The second-order valence-electron chi connectivity index (χ2n) is 12.3. The molecular weight excluding hydrogens is 610 g/mol. The highest BCUT2D eigenvalue weighted by Gasteiger charge is 2.69. The van der Waals surface area contributed by atoms with Gasteiger partial charge in [0.25, 0.3) is 0 Å².